The van der Waals surface area contributed by atoms with E-state index in [9.17, 15) is 5.11 Å². The predicted molar refractivity (Wildman–Crippen MR) is 99.1 cm³/mol. The Hall–Kier alpha value is -1.13. The Kier molecular flexibility index (Phi) is 6.42. The molecular weight excluding hydrogens is 308 g/mol. The van der Waals surface area contributed by atoms with Crippen molar-refractivity contribution in [2.75, 3.05) is 20.1 Å². The predicted octanol–water partition coefficient (Wildman–Crippen LogP) is 3.84. The highest BCUT2D eigenvalue weighted by molar-refractivity contribution is 6.35. The molecule has 2 aromatic rings. The van der Waals surface area contributed by atoms with Gasteiger partial charge >= 0.3 is 0 Å². The van der Waals surface area contributed by atoms with Crippen LogP contribution >= 0.6 is 11.6 Å². The molecule has 4 heteroatoms. The van der Waals surface area contributed by atoms with Gasteiger partial charge in [-0.3, -0.25) is 0 Å². The standard InChI is InChI=1S/C19H27ClN2O/c1-13(2)22(4)12-15(23)11-21-14(3)16-9-10-19(20)18-8-6-5-7-17(16)18/h5-10,13-15,21,23H,11-12H2,1-4H3. The van der Waals surface area contributed by atoms with E-state index >= 15 is 0 Å². The average molecular weight is 335 g/mol. The molecular formula is C19H27ClN2O. The molecule has 0 aromatic heterocycles. The third kappa shape index (κ3) is 4.67. The number of fused-ring (bicyclic) bond motifs is 1. The number of halogens is 1. The topological polar surface area (TPSA) is 35.5 Å². The minimum Gasteiger partial charge on any atom is -0.390 e. The van der Waals surface area contributed by atoms with E-state index in [0.717, 1.165) is 15.8 Å². The van der Waals surface area contributed by atoms with Gasteiger partial charge in [-0.1, -0.05) is 41.9 Å². The quantitative estimate of drug-likeness (QED) is 0.807. The van der Waals surface area contributed by atoms with Crippen molar-refractivity contribution in [3.63, 3.8) is 0 Å². The number of hydrogen-bond donors (Lipinski definition) is 2. The Morgan fingerprint density at radius 3 is 2.39 bits per heavy atom. The molecule has 0 radical (unpaired) electrons. The third-order valence-electron chi connectivity index (χ3n) is 4.41. The molecule has 2 aromatic carbocycles. The van der Waals surface area contributed by atoms with Gasteiger partial charge in [0.05, 0.1) is 6.10 Å². The van der Waals surface area contributed by atoms with E-state index in [1.165, 1.54) is 5.56 Å². The molecule has 0 saturated heterocycles. The summed E-state index contributed by atoms with van der Waals surface area (Å²) in [5, 5.41) is 16.6. The summed E-state index contributed by atoms with van der Waals surface area (Å²) in [5.74, 6) is 0. The lowest BCUT2D eigenvalue weighted by atomic mass is 9.99. The summed E-state index contributed by atoms with van der Waals surface area (Å²) in [5.41, 5.74) is 1.20. The van der Waals surface area contributed by atoms with Crippen LogP contribution < -0.4 is 5.32 Å². The molecule has 2 N–H and O–H groups in total. The Morgan fingerprint density at radius 1 is 1.09 bits per heavy atom. The second-order valence-electron chi connectivity index (χ2n) is 6.50. The highest BCUT2D eigenvalue weighted by Crippen LogP contribution is 2.29. The minimum absolute atomic E-state index is 0.149. The maximum absolute atomic E-state index is 10.2. The van der Waals surface area contributed by atoms with E-state index in [-0.39, 0.29) is 12.1 Å². The van der Waals surface area contributed by atoms with Crippen molar-refractivity contribution in [1.82, 2.24) is 10.2 Å². The minimum atomic E-state index is -0.386. The van der Waals surface area contributed by atoms with Crippen LogP contribution in [0.3, 0.4) is 0 Å². The van der Waals surface area contributed by atoms with Crippen LogP contribution in [0.15, 0.2) is 36.4 Å². The molecule has 3 nitrogen and oxygen atoms in total. The number of benzene rings is 2. The second-order valence-corrected chi connectivity index (χ2v) is 6.91. The van der Waals surface area contributed by atoms with Crippen molar-refractivity contribution in [1.29, 1.82) is 0 Å². The monoisotopic (exact) mass is 334 g/mol. The number of nitrogens with one attached hydrogen (secondary N) is 1. The van der Waals surface area contributed by atoms with Crippen molar-refractivity contribution in [2.24, 2.45) is 0 Å². The maximum Gasteiger partial charge on any atom is 0.0791 e. The van der Waals surface area contributed by atoms with Crippen molar-refractivity contribution < 1.29 is 5.11 Å². The lowest BCUT2D eigenvalue weighted by molar-refractivity contribution is 0.108. The largest absolute Gasteiger partial charge is 0.390 e. The molecule has 2 unspecified atom stereocenters. The lowest BCUT2D eigenvalue weighted by Gasteiger charge is -2.25. The average Bonchev–Trinajstić information content (AvgIpc) is 2.53. The smallest absolute Gasteiger partial charge is 0.0791 e. The zero-order valence-corrected chi connectivity index (χ0v) is 15.1. The first kappa shape index (κ1) is 18.2. The molecule has 0 bridgehead atoms. The van der Waals surface area contributed by atoms with Crippen molar-refractivity contribution >= 4 is 22.4 Å². The maximum atomic E-state index is 10.2. The van der Waals surface area contributed by atoms with E-state index in [4.69, 9.17) is 11.6 Å². The fourth-order valence-corrected chi connectivity index (χ4v) is 2.92. The van der Waals surface area contributed by atoms with Gasteiger partial charge in [0.25, 0.3) is 0 Å². The van der Waals surface area contributed by atoms with Gasteiger partial charge in [0.2, 0.25) is 0 Å². The van der Waals surface area contributed by atoms with Crippen LogP contribution in [0.1, 0.15) is 32.4 Å². The molecule has 2 atom stereocenters. The van der Waals surface area contributed by atoms with E-state index in [1.54, 1.807) is 0 Å². The van der Waals surface area contributed by atoms with E-state index in [0.29, 0.717) is 19.1 Å². The van der Waals surface area contributed by atoms with Crippen LogP contribution in [0.4, 0.5) is 0 Å². The van der Waals surface area contributed by atoms with Gasteiger partial charge in [-0.2, -0.15) is 0 Å². The number of nitrogens with zero attached hydrogens (tertiary/aromatic N) is 1. The SMILES string of the molecule is CC(NCC(O)CN(C)C(C)C)c1ccc(Cl)c2ccccc12. The van der Waals surface area contributed by atoms with Crippen LogP contribution in [0.2, 0.25) is 5.02 Å². The fraction of sp³-hybridized carbons (Fsp3) is 0.474. The highest BCUT2D eigenvalue weighted by atomic mass is 35.5. The third-order valence-corrected chi connectivity index (χ3v) is 4.74. The highest BCUT2D eigenvalue weighted by Gasteiger charge is 2.14. The van der Waals surface area contributed by atoms with Gasteiger partial charge in [-0.05, 0) is 44.8 Å². The van der Waals surface area contributed by atoms with Gasteiger partial charge in [-0.25, -0.2) is 0 Å². The van der Waals surface area contributed by atoms with Crippen molar-refractivity contribution in [3.8, 4) is 0 Å². The van der Waals surface area contributed by atoms with Crippen LogP contribution in [0, 0.1) is 0 Å². The molecule has 0 saturated carbocycles. The first-order valence-electron chi connectivity index (χ1n) is 8.19. The van der Waals surface area contributed by atoms with Crippen molar-refractivity contribution in [3.05, 3.63) is 47.0 Å². The van der Waals surface area contributed by atoms with Crippen LogP contribution in [0.25, 0.3) is 10.8 Å². The van der Waals surface area contributed by atoms with Gasteiger partial charge in [0.1, 0.15) is 0 Å². The zero-order valence-electron chi connectivity index (χ0n) is 14.4. The summed E-state index contributed by atoms with van der Waals surface area (Å²) in [6.45, 7) is 7.60. The van der Waals surface area contributed by atoms with Crippen LogP contribution in [-0.2, 0) is 0 Å². The second kappa shape index (κ2) is 8.11. The van der Waals surface area contributed by atoms with E-state index in [1.807, 2.05) is 31.3 Å². The number of hydrogen-bond acceptors (Lipinski definition) is 3. The molecule has 0 heterocycles. The molecule has 2 rings (SSSR count). The van der Waals surface area contributed by atoms with E-state index < -0.39 is 0 Å². The summed E-state index contributed by atoms with van der Waals surface area (Å²) in [4.78, 5) is 2.15. The summed E-state index contributed by atoms with van der Waals surface area (Å²) in [6, 6.07) is 12.8. The molecule has 0 aliphatic carbocycles. The Bertz CT molecular complexity index is 644. The molecule has 0 aliphatic rings. The Morgan fingerprint density at radius 2 is 1.74 bits per heavy atom. The molecule has 0 spiro atoms. The molecule has 0 amide bonds. The molecule has 23 heavy (non-hydrogen) atoms. The van der Waals surface area contributed by atoms with Gasteiger partial charge in [0.15, 0.2) is 0 Å². The number of rotatable bonds is 7. The lowest BCUT2D eigenvalue weighted by Crippen LogP contribution is -2.39. The fourth-order valence-electron chi connectivity index (χ4n) is 2.69. The molecule has 0 fully saturated rings. The summed E-state index contributed by atoms with van der Waals surface area (Å²) < 4.78 is 0. The molecule has 126 valence electrons. The number of aliphatic hydroxyl groups excluding tert-OH is 1. The first-order chi connectivity index (χ1) is 10.9. The van der Waals surface area contributed by atoms with Gasteiger partial charge < -0.3 is 15.3 Å². The van der Waals surface area contributed by atoms with Crippen LogP contribution in [0.5, 0.6) is 0 Å². The molecule has 0 aliphatic heterocycles. The van der Waals surface area contributed by atoms with Gasteiger partial charge in [0, 0.05) is 35.6 Å². The normalized spacial score (nSPS) is 14.6. The zero-order chi connectivity index (χ0) is 17.0. The summed E-state index contributed by atoms with van der Waals surface area (Å²) in [7, 11) is 2.03. The van der Waals surface area contributed by atoms with Crippen LogP contribution in [-0.4, -0.2) is 42.3 Å². The van der Waals surface area contributed by atoms with Gasteiger partial charge in [-0.15, -0.1) is 0 Å². The number of likely N-dealkylation sites (N-methyl/N-ethyl adjacent to an activating group) is 1. The Balaban J connectivity index is 2.04. The Labute approximate surface area is 144 Å². The van der Waals surface area contributed by atoms with E-state index in [2.05, 4.69) is 43.1 Å². The summed E-state index contributed by atoms with van der Waals surface area (Å²) in [6.07, 6.45) is -0.386. The number of aliphatic hydroxyl groups is 1. The van der Waals surface area contributed by atoms with Crippen molar-refractivity contribution in [2.45, 2.75) is 39.0 Å². The first-order valence-corrected chi connectivity index (χ1v) is 8.56. The summed E-state index contributed by atoms with van der Waals surface area (Å²) >= 11 is 6.28.